The van der Waals surface area contributed by atoms with E-state index in [1.807, 2.05) is 24.3 Å². The molecule has 0 aliphatic rings. The molecule has 2 aromatic carbocycles. The van der Waals surface area contributed by atoms with Crippen molar-refractivity contribution in [2.45, 2.75) is 25.7 Å². The van der Waals surface area contributed by atoms with Crippen molar-refractivity contribution in [1.29, 1.82) is 5.26 Å². The van der Waals surface area contributed by atoms with Crippen LogP contribution in [0.1, 0.15) is 24.8 Å². The van der Waals surface area contributed by atoms with Crippen LogP contribution in [0.15, 0.2) is 54.6 Å². The van der Waals surface area contributed by atoms with E-state index in [1.165, 1.54) is 9.80 Å². The molecule has 0 heterocycles. The van der Waals surface area contributed by atoms with Crippen LogP contribution in [0.4, 0.5) is 11.4 Å². The van der Waals surface area contributed by atoms with Gasteiger partial charge in [-0.3, -0.25) is 14.4 Å². The van der Waals surface area contributed by atoms with Gasteiger partial charge in [-0.25, -0.2) is 0 Å². The molecular formula is C23H26N4O3. The molecule has 1 N–H and O–H groups in total. The molecule has 0 radical (unpaired) electrons. The van der Waals surface area contributed by atoms with E-state index in [9.17, 15) is 14.4 Å². The topological polar surface area (TPSA) is 93.5 Å². The van der Waals surface area contributed by atoms with Crippen LogP contribution in [-0.2, 0) is 20.8 Å². The van der Waals surface area contributed by atoms with Crippen LogP contribution in [0, 0.1) is 11.3 Å². The Kier molecular flexibility index (Phi) is 8.57. The first-order valence-corrected chi connectivity index (χ1v) is 9.72. The summed E-state index contributed by atoms with van der Waals surface area (Å²) in [5, 5.41) is 11.6. The SMILES string of the molecule is CN(C)C(=O)Cc1ccc(NC(=O)CCC(=O)N(CCC#N)c2ccccc2)cc1. The number of para-hydroxylation sites is 1. The summed E-state index contributed by atoms with van der Waals surface area (Å²) in [6, 6.07) is 18.2. The summed E-state index contributed by atoms with van der Waals surface area (Å²) in [7, 11) is 3.41. The molecule has 7 heteroatoms. The molecule has 0 aliphatic carbocycles. The highest BCUT2D eigenvalue weighted by molar-refractivity contribution is 5.98. The fourth-order valence-electron chi connectivity index (χ4n) is 2.79. The molecule has 2 rings (SSSR count). The number of benzene rings is 2. The number of nitrogens with zero attached hydrogens (tertiary/aromatic N) is 3. The van der Waals surface area contributed by atoms with E-state index < -0.39 is 0 Å². The molecule has 0 fully saturated rings. The van der Waals surface area contributed by atoms with Gasteiger partial charge in [-0.2, -0.15) is 5.26 Å². The molecule has 30 heavy (non-hydrogen) atoms. The van der Waals surface area contributed by atoms with Crippen molar-refractivity contribution in [2.24, 2.45) is 0 Å². The Bertz CT molecular complexity index is 902. The molecule has 0 spiro atoms. The highest BCUT2D eigenvalue weighted by Gasteiger charge is 2.16. The van der Waals surface area contributed by atoms with Crippen LogP contribution >= 0.6 is 0 Å². The van der Waals surface area contributed by atoms with Gasteiger partial charge in [0.25, 0.3) is 0 Å². The Morgan fingerprint density at radius 3 is 2.20 bits per heavy atom. The molecule has 0 saturated carbocycles. The van der Waals surface area contributed by atoms with Crippen LogP contribution in [-0.4, -0.2) is 43.3 Å². The molecule has 2 aromatic rings. The lowest BCUT2D eigenvalue weighted by molar-refractivity contribution is -0.128. The number of amides is 3. The van der Waals surface area contributed by atoms with Crippen molar-refractivity contribution < 1.29 is 14.4 Å². The summed E-state index contributed by atoms with van der Waals surface area (Å²) in [5.41, 5.74) is 2.18. The monoisotopic (exact) mass is 406 g/mol. The van der Waals surface area contributed by atoms with Crippen molar-refractivity contribution in [1.82, 2.24) is 4.90 Å². The van der Waals surface area contributed by atoms with Crippen molar-refractivity contribution >= 4 is 29.1 Å². The fraction of sp³-hybridized carbons (Fsp3) is 0.304. The maximum Gasteiger partial charge on any atom is 0.227 e. The van der Waals surface area contributed by atoms with Gasteiger partial charge in [0.2, 0.25) is 17.7 Å². The molecule has 0 unspecified atom stereocenters. The minimum absolute atomic E-state index is 0.00432. The lowest BCUT2D eigenvalue weighted by Gasteiger charge is -2.21. The van der Waals surface area contributed by atoms with E-state index >= 15 is 0 Å². The van der Waals surface area contributed by atoms with Gasteiger partial charge in [0, 0.05) is 44.9 Å². The van der Waals surface area contributed by atoms with Crippen molar-refractivity contribution in [3.05, 3.63) is 60.2 Å². The average Bonchev–Trinajstić information content (AvgIpc) is 2.74. The number of rotatable bonds is 9. The molecule has 156 valence electrons. The minimum Gasteiger partial charge on any atom is -0.349 e. The Balaban J connectivity index is 1.89. The van der Waals surface area contributed by atoms with Gasteiger partial charge in [-0.1, -0.05) is 30.3 Å². The predicted octanol–water partition coefficient (Wildman–Crippen LogP) is 2.98. The summed E-state index contributed by atoms with van der Waals surface area (Å²) in [6.45, 7) is 0.286. The molecule has 0 aliphatic heterocycles. The van der Waals surface area contributed by atoms with E-state index in [0.29, 0.717) is 17.8 Å². The lowest BCUT2D eigenvalue weighted by Crippen LogP contribution is -2.32. The van der Waals surface area contributed by atoms with Gasteiger partial charge in [0.1, 0.15) is 0 Å². The number of nitriles is 1. The lowest BCUT2D eigenvalue weighted by atomic mass is 10.1. The fourth-order valence-corrected chi connectivity index (χ4v) is 2.79. The maximum atomic E-state index is 12.6. The first kappa shape index (κ1) is 22.6. The number of anilines is 2. The molecule has 0 aromatic heterocycles. The summed E-state index contributed by atoms with van der Waals surface area (Å²) in [6.07, 6.45) is 0.598. The maximum absolute atomic E-state index is 12.6. The van der Waals surface area contributed by atoms with Gasteiger partial charge >= 0.3 is 0 Å². The van der Waals surface area contributed by atoms with Crippen molar-refractivity contribution in [3.63, 3.8) is 0 Å². The Hall–Kier alpha value is -3.66. The first-order chi connectivity index (χ1) is 14.4. The summed E-state index contributed by atoms with van der Waals surface area (Å²) in [4.78, 5) is 39.7. The minimum atomic E-state index is -0.270. The molecule has 0 bridgehead atoms. The first-order valence-electron chi connectivity index (χ1n) is 9.72. The number of carbonyl (C=O) groups is 3. The van der Waals surface area contributed by atoms with Crippen LogP contribution in [0.25, 0.3) is 0 Å². The standard InChI is InChI=1S/C23H26N4O3/c1-26(2)23(30)17-18-9-11-19(12-10-18)25-21(28)13-14-22(29)27(16-6-15-24)20-7-4-3-5-8-20/h3-5,7-12H,6,13-14,16-17H2,1-2H3,(H,25,28). The number of hydrogen-bond acceptors (Lipinski definition) is 4. The zero-order valence-corrected chi connectivity index (χ0v) is 17.3. The van der Waals surface area contributed by atoms with Crippen molar-refractivity contribution in [3.8, 4) is 6.07 Å². The number of hydrogen-bond donors (Lipinski definition) is 1. The molecule has 7 nitrogen and oxygen atoms in total. The largest absolute Gasteiger partial charge is 0.349 e. The van der Waals surface area contributed by atoms with E-state index in [4.69, 9.17) is 5.26 Å². The molecule has 0 atom stereocenters. The van der Waals surface area contributed by atoms with Crippen LogP contribution in [0.3, 0.4) is 0 Å². The smallest absolute Gasteiger partial charge is 0.227 e. The Morgan fingerprint density at radius 1 is 0.933 bits per heavy atom. The average molecular weight is 406 g/mol. The summed E-state index contributed by atoms with van der Waals surface area (Å²) in [5.74, 6) is -0.470. The van der Waals surface area contributed by atoms with E-state index in [-0.39, 0.29) is 43.5 Å². The number of likely N-dealkylation sites (N-methyl/N-ethyl adjacent to an activating group) is 1. The Labute approximate surface area is 176 Å². The van der Waals surface area contributed by atoms with E-state index in [0.717, 1.165) is 5.56 Å². The van der Waals surface area contributed by atoms with E-state index in [1.54, 1.807) is 50.5 Å². The Morgan fingerprint density at radius 2 is 1.60 bits per heavy atom. The molecule has 3 amide bonds. The van der Waals surface area contributed by atoms with Gasteiger partial charge in [-0.05, 0) is 29.8 Å². The third-order valence-electron chi connectivity index (χ3n) is 4.47. The predicted molar refractivity (Wildman–Crippen MR) is 116 cm³/mol. The highest BCUT2D eigenvalue weighted by atomic mass is 16.2. The van der Waals surface area contributed by atoms with Gasteiger partial charge in [-0.15, -0.1) is 0 Å². The van der Waals surface area contributed by atoms with Gasteiger partial charge < -0.3 is 15.1 Å². The van der Waals surface area contributed by atoms with Crippen LogP contribution < -0.4 is 10.2 Å². The highest BCUT2D eigenvalue weighted by Crippen LogP contribution is 2.16. The quantitative estimate of drug-likeness (QED) is 0.693. The summed E-state index contributed by atoms with van der Waals surface area (Å²) >= 11 is 0. The second-order valence-electron chi connectivity index (χ2n) is 7.00. The third-order valence-corrected chi connectivity index (χ3v) is 4.47. The number of carbonyl (C=O) groups excluding carboxylic acids is 3. The zero-order chi connectivity index (χ0) is 21.9. The van der Waals surface area contributed by atoms with Gasteiger partial charge in [0.15, 0.2) is 0 Å². The van der Waals surface area contributed by atoms with Crippen LogP contribution in [0.5, 0.6) is 0 Å². The molecule has 0 saturated heterocycles. The summed E-state index contributed by atoms with van der Waals surface area (Å²) < 4.78 is 0. The second-order valence-corrected chi connectivity index (χ2v) is 7.00. The van der Waals surface area contributed by atoms with Crippen LogP contribution in [0.2, 0.25) is 0 Å². The van der Waals surface area contributed by atoms with E-state index in [2.05, 4.69) is 5.32 Å². The van der Waals surface area contributed by atoms with Crippen molar-refractivity contribution in [2.75, 3.05) is 30.9 Å². The zero-order valence-electron chi connectivity index (χ0n) is 17.3. The normalized spacial score (nSPS) is 10.0. The number of nitrogens with one attached hydrogen (secondary N) is 1. The third kappa shape index (κ3) is 7.06. The second kappa shape index (κ2) is 11.4. The van der Waals surface area contributed by atoms with Gasteiger partial charge in [0.05, 0.1) is 18.9 Å². The molecular weight excluding hydrogens is 380 g/mol.